The smallest absolute Gasteiger partial charge is 0.161 e. The highest BCUT2D eigenvalue weighted by molar-refractivity contribution is 5.44. The summed E-state index contributed by atoms with van der Waals surface area (Å²) < 4.78 is 10.4. The molecule has 1 heterocycles. The first kappa shape index (κ1) is 12.2. The number of anilines is 1. The van der Waals surface area contributed by atoms with Crippen molar-refractivity contribution in [2.24, 2.45) is 0 Å². The van der Waals surface area contributed by atoms with Crippen LogP contribution in [0.5, 0.6) is 11.5 Å². The van der Waals surface area contributed by atoms with E-state index in [0.29, 0.717) is 6.54 Å². The molecule has 1 aromatic heterocycles. The summed E-state index contributed by atoms with van der Waals surface area (Å²) in [4.78, 5) is 7.95. The fourth-order valence-corrected chi connectivity index (χ4v) is 1.58. The van der Waals surface area contributed by atoms with E-state index in [1.54, 1.807) is 20.4 Å². The zero-order valence-corrected chi connectivity index (χ0v) is 10.4. The van der Waals surface area contributed by atoms with E-state index in [4.69, 9.17) is 9.47 Å². The van der Waals surface area contributed by atoms with Crippen molar-refractivity contribution in [3.63, 3.8) is 0 Å². The summed E-state index contributed by atoms with van der Waals surface area (Å²) in [6.07, 6.45) is 3.21. The van der Waals surface area contributed by atoms with Gasteiger partial charge in [-0.1, -0.05) is 6.07 Å². The minimum atomic E-state index is 0.664. The van der Waals surface area contributed by atoms with Crippen LogP contribution in [-0.4, -0.2) is 24.2 Å². The Balaban J connectivity index is 2.06. The Bertz CT molecular complexity index is 503. The van der Waals surface area contributed by atoms with Crippen LogP contribution in [0.1, 0.15) is 5.56 Å². The zero-order valence-electron chi connectivity index (χ0n) is 10.4. The average molecular weight is 245 g/mol. The van der Waals surface area contributed by atoms with E-state index in [1.165, 1.54) is 6.33 Å². The van der Waals surface area contributed by atoms with E-state index in [1.807, 2.05) is 24.3 Å². The lowest BCUT2D eigenvalue weighted by Gasteiger charge is -2.10. The molecule has 94 valence electrons. The van der Waals surface area contributed by atoms with Gasteiger partial charge in [0.1, 0.15) is 12.1 Å². The van der Waals surface area contributed by atoms with Crippen molar-refractivity contribution in [2.75, 3.05) is 19.5 Å². The first-order valence-corrected chi connectivity index (χ1v) is 5.54. The van der Waals surface area contributed by atoms with Crippen molar-refractivity contribution < 1.29 is 9.47 Å². The SMILES string of the molecule is COc1ccc(CNc2ccncn2)cc1OC. The van der Waals surface area contributed by atoms with Gasteiger partial charge >= 0.3 is 0 Å². The van der Waals surface area contributed by atoms with E-state index in [-0.39, 0.29) is 0 Å². The van der Waals surface area contributed by atoms with Crippen molar-refractivity contribution in [3.8, 4) is 11.5 Å². The normalized spacial score (nSPS) is 9.89. The van der Waals surface area contributed by atoms with Crippen molar-refractivity contribution in [2.45, 2.75) is 6.54 Å². The first-order valence-electron chi connectivity index (χ1n) is 5.54. The molecule has 0 unspecified atom stereocenters. The molecule has 18 heavy (non-hydrogen) atoms. The van der Waals surface area contributed by atoms with Crippen LogP contribution in [0.4, 0.5) is 5.82 Å². The molecule has 1 N–H and O–H groups in total. The van der Waals surface area contributed by atoms with Gasteiger partial charge < -0.3 is 14.8 Å². The molecule has 0 bridgehead atoms. The number of nitrogens with one attached hydrogen (secondary N) is 1. The highest BCUT2D eigenvalue weighted by Gasteiger charge is 2.04. The molecular weight excluding hydrogens is 230 g/mol. The van der Waals surface area contributed by atoms with Crippen LogP contribution in [0.15, 0.2) is 36.8 Å². The van der Waals surface area contributed by atoms with Gasteiger partial charge in [0.05, 0.1) is 14.2 Å². The molecule has 2 aromatic rings. The topological polar surface area (TPSA) is 56.3 Å². The number of hydrogen-bond donors (Lipinski definition) is 1. The molecular formula is C13H15N3O2. The standard InChI is InChI=1S/C13H15N3O2/c1-17-11-4-3-10(7-12(11)18-2)8-15-13-5-6-14-9-16-13/h3-7,9H,8H2,1-2H3,(H,14,15,16). The lowest BCUT2D eigenvalue weighted by Crippen LogP contribution is -2.02. The molecule has 5 heteroatoms. The summed E-state index contributed by atoms with van der Waals surface area (Å²) in [5.74, 6) is 2.24. The minimum Gasteiger partial charge on any atom is -0.493 e. The number of ether oxygens (including phenoxy) is 2. The van der Waals surface area contributed by atoms with Gasteiger partial charge in [-0.05, 0) is 23.8 Å². The van der Waals surface area contributed by atoms with Crippen molar-refractivity contribution in [1.29, 1.82) is 0 Å². The number of aromatic nitrogens is 2. The minimum absolute atomic E-state index is 0.664. The van der Waals surface area contributed by atoms with Gasteiger partial charge in [0.15, 0.2) is 11.5 Å². The van der Waals surface area contributed by atoms with E-state index < -0.39 is 0 Å². The molecule has 0 spiro atoms. The van der Waals surface area contributed by atoms with Crippen LogP contribution in [0.25, 0.3) is 0 Å². The van der Waals surface area contributed by atoms with Crippen LogP contribution >= 0.6 is 0 Å². The number of rotatable bonds is 5. The highest BCUT2D eigenvalue weighted by Crippen LogP contribution is 2.27. The Morgan fingerprint density at radius 2 is 1.94 bits per heavy atom. The van der Waals surface area contributed by atoms with Crippen LogP contribution in [0.3, 0.4) is 0 Å². The van der Waals surface area contributed by atoms with Crippen LogP contribution in [-0.2, 0) is 6.54 Å². The number of benzene rings is 1. The first-order chi connectivity index (χ1) is 8.83. The molecule has 0 amide bonds. The van der Waals surface area contributed by atoms with E-state index in [2.05, 4.69) is 15.3 Å². The zero-order chi connectivity index (χ0) is 12.8. The maximum absolute atomic E-state index is 5.25. The Morgan fingerprint density at radius 3 is 2.61 bits per heavy atom. The van der Waals surface area contributed by atoms with Gasteiger partial charge in [-0.25, -0.2) is 9.97 Å². The second-order valence-corrected chi connectivity index (χ2v) is 3.64. The van der Waals surface area contributed by atoms with E-state index in [9.17, 15) is 0 Å². The number of hydrogen-bond acceptors (Lipinski definition) is 5. The Hall–Kier alpha value is -2.30. The summed E-state index contributed by atoms with van der Waals surface area (Å²) in [6, 6.07) is 7.62. The lowest BCUT2D eigenvalue weighted by atomic mass is 10.2. The summed E-state index contributed by atoms with van der Waals surface area (Å²) in [6.45, 7) is 0.664. The molecule has 0 atom stereocenters. The van der Waals surface area contributed by atoms with E-state index >= 15 is 0 Å². The monoisotopic (exact) mass is 245 g/mol. The van der Waals surface area contributed by atoms with Gasteiger partial charge in [-0.15, -0.1) is 0 Å². The predicted molar refractivity (Wildman–Crippen MR) is 68.9 cm³/mol. The molecule has 0 aliphatic rings. The third-order valence-corrected chi connectivity index (χ3v) is 2.50. The fraction of sp³-hybridized carbons (Fsp3) is 0.231. The third-order valence-electron chi connectivity index (χ3n) is 2.50. The molecule has 0 aliphatic carbocycles. The molecule has 0 saturated heterocycles. The number of nitrogens with zero attached hydrogens (tertiary/aromatic N) is 2. The van der Waals surface area contributed by atoms with Gasteiger partial charge in [-0.3, -0.25) is 0 Å². The third kappa shape index (κ3) is 2.88. The van der Waals surface area contributed by atoms with Crippen LogP contribution in [0.2, 0.25) is 0 Å². The Labute approximate surface area is 106 Å². The number of methoxy groups -OCH3 is 2. The fourth-order valence-electron chi connectivity index (χ4n) is 1.58. The summed E-state index contributed by atoms with van der Waals surface area (Å²) >= 11 is 0. The van der Waals surface area contributed by atoms with Crippen LogP contribution in [0, 0.1) is 0 Å². The summed E-state index contributed by atoms with van der Waals surface area (Å²) in [5, 5.41) is 3.20. The maximum atomic E-state index is 5.25. The molecule has 0 aliphatic heterocycles. The molecule has 5 nitrogen and oxygen atoms in total. The summed E-state index contributed by atoms with van der Waals surface area (Å²) in [5.41, 5.74) is 1.09. The largest absolute Gasteiger partial charge is 0.493 e. The van der Waals surface area contributed by atoms with Gasteiger partial charge in [0.25, 0.3) is 0 Å². The average Bonchev–Trinajstić information content (AvgIpc) is 2.45. The van der Waals surface area contributed by atoms with Crippen molar-refractivity contribution in [3.05, 3.63) is 42.4 Å². The Morgan fingerprint density at radius 1 is 1.11 bits per heavy atom. The second kappa shape index (κ2) is 5.86. The van der Waals surface area contributed by atoms with Gasteiger partial charge in [-0.2, -0.15) is 0 Å². The molecule has 0 radical (unpaired) electrons. The maximum Gasteiger partial charge on any atom is 0.161 e. The second-order valence-electron chi connectivity index (χ2n) is 3.64. The Kier molecular flexibility index (Phi) is 3.96. The van der Waals surface area contributed by atoms with Crippen LogP contribution < -0.4 is 14.8 Å². The highest BCUT2D eigenvalue weighted by atomic mass is 16.5. The summed E-state index contributed by atoms with van der Waals surface area (Å²) in [7, 11) is 3.25. The van der Waals surface area contributed by atoms with Crippen molar-refractivity contribution in [1.82, 2.24) is 9.97 Å². The molecule has 0 fully saturated rings. The molecule has 1 aromatic carbocycles. The molecule has 0 saturated carbocycles. The predicted octanol–water partition coefficient (Wildman–Crippen LogP) is 2.11. The lowest BCUT2D eigenvalue weighted by molar-refractivity contribution is 0.354. The van der Waals surface area contributed by atoms with Gasteiger partial charge in [0.2, 0.25) is 0 Å². The van der Waals surface area contributed by atoms with E-state index in [0.717, 1.165) is 22.9 Å². The molecule has 2 rings (SSSR count). The quantitative estimate of drug-likeness (QED) is 0.874. The van der Waals surface area contributed by atoms with Gasteiger partial charge in [0, 0.05) is 12.7 Å². The van der Waals surface area contributed by atoms with Crippen molar-refractivity contribution >= 4 is 5.82 Å².